The van der Waals surface area contributed by atoms with E-state index in [0.29, 0.717) is 6.10 Å². The highest BCUT2D eigenvalue weighted by Crippen LogP contribution is 2.19. The van der Waals surface area contributed by atoms with Crippen LogP contribution in [0, 0.1) is 0 Å². The van der Waals surface area contributed by atoms with Crippen molar-refractivity contribution in [3.05, 3.63) is 12.3 Å². The van der Waals surface area contributed by atoms with Crippen molar-refractivity contribution >= 4 is 8.56 Å². The van der Waals surface area contributed by atoms with Crippen LogP contribution in [0.25, 0.3) is 0 Å². The smallest absolute Gasteiger partial charge is 0.361 e. The molecular formula is C26H54O2Si. The van der Waals surface area contributed by atoms with E-state index in [9.17, 15) is 0 Å². The van der Waals surface area contributed by atoms with Crippen LogP contribution in [0.4, 0.5) is 0 Å². The Morgan fingerprint density at radius 1 is 0.655 bits per heavy atom. The minimum atomic E-state index is -2.20. The van der Waals surface area contributed by atoms with Crippen LogP contribution in [0.15, 0.2) is 12.3 Å². The Labute approximate surface area is 185 Å². The van der Waals surface area contributed by atoms with Crippen molar-refractivity contribution in [2.24, 2.45) is 0 Å². The molecule has 29 heavy (non-hydrogen) atoms. The van der Waals surface area contributed by atoms with E-state index in [1.165, 1.54) is 96.3 Å². The summed E-state index contributed by atoms with van der Waals surface area (Å²) in [4.78, 5) is 0. The van der Waals surface area contributed by atoms with E-state index in [1.807, 2.05) is 5.70 Å². The molecule has 0 radical (unpaired) electrons. The Hall–Kier alpha value is -0.123. The predicted molar refractivity (Wildman–Crippen MR) is 133 cm³/mol. The molecule has 0 saturated carbocycles. The molecule has 0 aromatic carbocycles. The Bertz CT molecular complexity index is 342. The Morgan fingerprint density at radius 2 is 1.07 bits per heavy atom. The van der Waals surface area contributed by atoms with Gasteiger partial charge in [-0.05, 0) is 31.5 Å². The van der Waals surface area contributed by atoms with E-state index in [4.69, 9.17) is 8.85 Å². The zero-order valence-corrected chi connectivity index (χ0v) is 21.6. The highest BCUT2D eigenvalue weighted by atomic mass is 28.4. The summed E-state index contributed by atoms with van der Waals surface area (Å²) in [6.45, 7) is 13.7. The van der Waals surface area contributed by atoms with Crippen LogP contribution < -0.4 is 0 Å². The molecule has 0 aliphatic rings. The average Bonchev–Trinajstić information content (AvgIpc) is 2.71. The summed E-state index contributed by atoms with van der Waals surface area (Å²) in [6, 6.07) is 0. The number of rotatable bonds is 23. The summed E-state index contributed by atoms with van der Waals surface area (Å²) < 4.78 is 12.6. The van der Waals surface area contributed by atoms with Crippen molar-refractivity contribution in [1.29, 1.82) is 0 Å². The van der Waals surface area contributed by atoms with Gasteiger partial charge in [-0.3, -0.25) is 0 Å². The third-order valence-corrected chi connectivity index (χ3v) is 8.20. The second kappa shape index (κ2) is 21.1. The third kappa shape index (κ3) is 18.4. The monoisotopic (exact) mass is 426 g/mol. The number of hydrogen-bond donors (Lipinski definition) is 0. The van der Waals surface area contributed by atoms with Crippen LogP contribution in [0.1, 0.15) is 136 Å². The molecule has 0 aliphatic carbocycles. The largest absolute Gasteiger partial charge is 0.391 e. The van der Waals surface area contributed by atoms with Gasteiger partial charge in [0.25, 0.3) is 0 Å². The summed E-state index contributed by atoms with van der Waals surface area (Å²) in [5.41, 5.74) is 1.97. The predicted octanol–water partition coefficient (Wildman–Crippen LogP) is 9.27. The lowest BCUT2D eigenvalue weighted by molar-refractivity contribution is 0.109. The zero-order valence-electron chi connectivity index (χ0n) is 20.6. The molecule has 0 saturated heterocycles. The van der Waals surface area contributed by atoms with Crippen LogP contribution in [0.3, 0.4) is 0 Å². The van der Waals surface area contributed by atoms with Gasteiger partial charge in [0.05, 0.1) is 0 Å². The van der Waals surface area contributed by atoms with Crippen molar-refractivity contribution in [3.8, 4) is 0 Å². The fraction of sp³-hybridized carbons (Fsp3) is 0.923. The molecule has 0 spiro atoms. The van der Waals surface area contributed by atoms with Crippen molar-refractivity contribution in [1.82, 2.24) is 0 Å². The van der Waals surface area contributed by atoms with Crippen molar-refractivity contribution in [2.75, 3.05) is 6.61 Å². The topological polar surface area (TPSA) is 18.5 Å². The first-order valence-corrected chi connectivity index (χ1v) is 15.5. The molecule has 174 valence electrons. The van der Waals surface area contributed by atoms with Gasteiger partial charge in [-0.1, -0.05) is 117 Å². The van der Waals surface area contributed by atoms with Crippen molar-refractivity contribution in [2.45, 2.75) is 149 Å². The maximum atomic E-state index is 6.39. The minimum Gasteiger partial charge on any atom is -0.391 e. The van der Waals surface area contributed by atoms with Gasteiger partial charge in [0, 0.05) is 12.7 Å². The summed E-state index contributed by atoms with van der Waals surface area (Å²) in [5, 5.41) is 0. The van der Waals surface area contributed by atoms with Gasteiger partial charge in [-0.2, -0.15) is 0 Å². The maximum Gasteiger partial charge on any atom is 0.361 e. The molecule has 0 fully saturated rings. The van der Waals surface area contributed by atoms with Gasteiger partial charge < -0.3 is 8.85 Å². The van der Waals surface area contributed by atoms with Gasteiger partial charge >= 0.3 is 8.56 Å². The summed E-state index contributed by atoms with van der Waals surface area (Å²) in [6.07, 6.45) is 24.4. The first-order chi connectivity index (χ1) is 14.1. The van der Waals surface area contributed by atoms with Crippen LogP contribution in [-0.2, 0) is 8.85 Å². The lowest BCUT2D eigenvalue weighted by Crippen LogP contribution is -2.41. The summed E-state index contributed by atoms with van der Waals surface area (Å²) in [5.74, 6) is 0. The van der Waals surface area contributed by atoms with E-state index in [0.717, 1.165) is 25.9 Å². The summed E-state index contributed by atoms with van der Waals surface area (Å²) >= 11 is 0. The highest BCUT2D eigenvalue weighted by Gasteiger charge is 2.30. The number of unbranched alkanes of at least 4 members (excludes halogenated alkanes) is 13. The molecule has 0 N–H and O–H groups in total. The standard InChI is InChI=1S/C26H54O2Si/c1-6-10-11-12-13-14-15-16-17-18-19-20-21-22-25-27-29(5,9-4)28-26(23-7-2)24-8-3/h9,26H,4,6-8,10-25H2,1-3,5H3. The molecule has 2 nitrogen and oxygen atoms in total. The lowest BCUT2D eigenvalue weighted by atomic mass is 10.0. The maximum absolute atomic E-state index is 6.39. The normalized spacial score (nSPS) is 13.7. The SMILES string of the molecule is C=C[Si](C)(OCCCCCCCCCCCCCCCC)OC(CCC)CCC. The lowest BCUT2D eigenvalue weighted by Gasteiger charge is -2.29. The Balaban J connectivity index is 3.58. The third-order valence-electron chi connectivity index (χ3n) is 5.88. The zero-order chi connectivity index (χ0) is 21.6. The van der Waals surface area contributed by atoms with E-state index in [1.54, 1.807) is 0 Å². The molecule has 0 heterocycles. The van der Waals surface area contributed by atoms with E-state index >= 15 is 0 Å². The molecule has 0 bridgehead atoms. The molecule has 0 aromatic heterocycles. The molecule has 0 rings (SSSR count). The molecule has 0 amide bonds. The molecule has 1 unspecified atom stereocenters. The minimum absolute atomic E-state index is 0.344. The van der Waals surface area contributed by atoms with Gasteiger partial charge in [0.1, 0.15) is 0 Å². The fourth-order valence-electron chi connectivity index (χ4n) is 3.95. The molecular weight excluding hydrogens is 372 g/mol. The Morgan fingerprint density at radius 3 is 1.45 bits per heavy atom. The van der Waals surface area contributed by atoms with Gasteiger partial charge in [0.15, 0.2) is 0 Å². The van der Waals surface area contributed by atoms with Gasteiger partial charge in [-0.15, -0.1) is 6.58 Å². The number of hydrogen-bond acceptors (Lipinski definition) is 2. The molecule has 3 heteroatoms. The van der Waals surface area contributed by atoms with Crippen molar-refractivity contribution in [3.63, 3.8) is 0 Å². The fourth-order valence-corrected chi connectivity index (χ4v) is 5.68. The van der Waals surface area contributed by atoms with E-state index < -0.39 is 8.56 Å². The van der Waals surface area contributed by atoms with Crippen LogP contribution >= 0.6 is 0 Å². The van der Waals surface area contributed by atoms with Gasteiger partial charge in [0.2, 0.25) is 0 Å². The quantitative estimate of drug-likeness (QED) is 0.120. The Kier molecular flexibility index (Phi) is 21.0. The second-order valence-corrected chi connectivity index (χ2v) is 11.9. The molecule has 1 atom stereocenters. The highest BCUT2D eigenvalue weighted by molar-refractivity contribution is 6.71. The van der Waals surface area contributed by atoms with Crippen molar-refractivity contribution < 1.29 is 8.85 Å². The summed E-state index contributed by atoms with van der Waals surface area (Å²) in [7, 11) is -2.20. The molecule has 0 aliphatic heterocycles. The average molecular weight is 427 g/mol. The van der Waals surface area contributed by atoms with Crippen LogP contribution in [-0.4, -0.2) is 21.3 Å². The van der Waals surface area contributed by atoms with Crippen LogP contribution in [0.5, 0.6) is 0 Å². The van der Waals surface area contributed by atoms with E-state index in [-0.39, 0.29) is 0 Å². The first kappa shape index (κ1) is 28.9. The van der Waals surface area contributed by atoms with Crippen LogP contribution in [0.2, 0.25) is 6.55 Å². The second-order valence-electron chi connectivity index (χ2n) is 8.98. The molecule has 0 aromatic rings. The first-order valence-electron chi connectivity index (χ1n) is 13.1. The van der Waals surface area contributed by atoms with Gasteiger partial charge in [-0.25, -0.2) is 0 Å². The van der Waals surface area contributed by atoms with E-state index in [2.05, 4.69) is 33.9 Å².